The molecule has 1 heterocycles. The number of carbonyl (C=O) groups excluding carboxylic acids is 2. The number of benzene rings is 1. The van der Waals surface area contributed by atoms with Gasteiger partial charge in [0.05, 0.1) is 12.5 Å². The van der Waals surface area contributed by atoms with Crippen molar-refractivity contribution in [3.05, 3.63) is 35.9 Å². The van der Waals surface area contributed by atoms with Gasteiger partial charge in [-0.3, -0.25) is 9.59 Å². The molecule has 1 atom stereocenters. The van der Waals surface area contributed by atoms with Crippen LogP contribution in [0.25, 0.3) is 0 Å². The lowest BCUT2D eigenvalue weighted by molar-refractivity contribution is -0.126. The molecule has 1 aromatic rings. The highest BCUT2D eigenvalue weighted by molar-refractivity contribution is 6.00. The van der Waals surface area contributed by atoms with Crippen LogP contribution >= 0.6 is 0 Å². The van der Waals surface area contributed by atoms with Crippen molar-refractivity contribution in [2.45, 2.75) is 45.4 Å². The summed E-state index contributed by atoms with van der Waals surface area (Å²) < 4.78 is 5.43. The topological polar surface area (TPSA) is 58.6 Å². The van der Waals surface area contributed by atoms with Gasteiger partial charge in [-0.05, 0) is 63.3 Å². The molecular weight excluding hydrogens is 328 g/mol. The number of nitrogens with one attached hydrogen (secondary N) is 1. The van der Waals surface area contributed by atoms with Crippen LogP contribution in [0.1, 0.15) is 45.4 Å². The number of allylic oxidation sites excluding steroid dienone is 1. The molecule has 0 unspecified atom stereocenters. The fourth-order valence-corrected chi connectivity index (χ4v) is 3.64. The third kappa shape index (κ3) is 4.65. The number of rotatable bonds is 7. The molecule has 1 aliphatic carbocycles. The van der Waals surface area contributed by atoms with Gasteiger partial charge in [0.25, 0.3) is 0 Å². The van der Waals surface area contributed by atoms with E-state index in [1.54, 1.807) is 4.90 Å². The van der Waals surface area contributed by atoms with Crippen molar-refractivity contribution in [1.82, 2.24) is 5.32 Å². The van der Waals surface area contributed by atoms with E-state index >= 15 is 0 Å². The zero-order valence-electron chi connectivity index (χ0n) is 15.5. The Kier molecular flexibility index (Phi) is 6.31. The first-order valence-electron chi connectivity index (χ1n) is 9.66. The molecule has 1 saturated heterocycles. The lowest BCUT2D eigenvalue weighted by Gasteiger charge is -2.17. The predicted molar refractivity (Wildman–Crippen MR) is 102 cm³/mol. The van der Waals surface area contributed by atoms with Crippen molar-refractivity contribution >= 4 is 17.5 Å². The predicted octanol–water partition coefficient (Wildman–Crippen LogP) is 3.44. The van der Waals surface area contributed by atoms with Gasteiger partial charge in [0.15, 0.2) is 0 Å². The van der Waals surface area contributed by atoms with Gasteiger partial charge < -0.3 is 15.0 Å². The van der Waals surface area contributed by atoms with Gasteiger partial charge in [0, 0.05) is 25.2 Å². The quantitative estimate of drug-likeness (QED) is 0.761. The van der Waals surface area contributed by atoms with Crippen LogP contribution in [0.3, 0.4) is 0 Å². The minimum atomic E-state index is -0.269. The van der Waals surface area contributed by atoms with Crippen LogP contribution in [0.4, 0.5) is 5.69 Å². The van der Waals surface area contributed by atoms with Crippen molar-refractivity contribution in [1.29, 1.82) is 0 Å². The largest absolute Gasteiger partial charge is 0.494 e. The van der Waals surface area contributed by atoms with Gasteiger partial charge in [-0.25, -0.2) is 0 Å². The maximum atomic E-state index is 12.4. The van der Waals surface area contributed by atoms with Crippen molar-refractivity contribution in [2.75, 3.05) is 24.6 Å². The Balaban J connectivity index is 1.50. The first kappa shape index (κ1) is 18.5. The van der Waals surface area contributed by atoms with Gasteiger partial charge in [-0.2, -0.15) is 0 Å². The van der Waals surface area contributed by atoms with Crippen LogP contribution in [0.5, 0.6) is 5.75 Å². The first-order chi connectivity index (χ1) is 12.7. The molecule has 2 amide bonds. The molecule has 5 heteroatoms. The number of carbonyl (C=O) groups is 2. The minimum Gasteiger partial charge on any atom is -0.494 e. The first-order valence-corrected chi connectivity index (χ1v) is 9.66. The summed E-state index contributed by atoms with van der Waals surface area (Å²) in [6.07, 6.45) is 8.37. The van der Waals surface area contributed by atoms with Crippen LogP contribution in [-0.4, -0.2) is 31.5 Å². The second kappa shape index (κ2) is 8.88. The summed E-state index contributed by atoms with van der Waals surface area (Å²) in [7, 11) is 0. The monoisotopic (exact) mass is 356 g/mol. The number of hydrogen-bond acceptors (Lipinski definition) is 3. The van der Waals surface area contributed by atoms with Crippen LogP contribution in [0, 0.1) is 5.92 Å². The molecule has 1 N–H and O–H groups in total. The van der Waals surface area contributed by atoms with Crippen LogP contribution < -0.4 is 15.0 Å². The Morgan fingerprint density at radius 3 is 2.77 bits per heavy atom. The molecule has 2 aliphatic rings. The Labute approximate surface area is 155 Å². The van der Waals surface area contributed by atoms with Gasteiger partial charge in [-0.15, -0.1) is 0 Å². The molecule has 1 aromatic carbocycles. The molecule has 140 valence electrons. The molecule has 0 saturated carbocycles. The number of nitrogens with zero attached hydrogens (tertiary/aromatic N) is 1. The third-order valence-corrected chi connectivity index (χ3v) is 5.09. The number of anilines is 1. The summed E-state index contributed by atoms with van der Waals surface area (Å²) in [5, 5.41) is 3.01. The summed E-state index contributed by atoms with van der Waals surface area (Å²) in [4.78, 5) is 26.4. The molecule has 1 aliphatic heterocycles. The van der Waals surface area contributed by atoms with E-state index in [1.807, 2.05) is 31.2 Å². The molecule has 0 bridgehead atoms. The van der Waals surface area contributed by atoms with E-state index in [-0.39, 0.29) is 24.2 Å². The lowest BCUT2D eigenvalue weighted by Crippen LogP contribution is -2.33. The van der Waals surface area contributed by atoms with Crippen molar-refractivity contribution in [3.8, 4) is 5.75 Å². The maximum Gasteiger partial charge on any atom is 0.227 e. The fourth-order valence-electron chi connectivity index (χ4n) is 3.64. The normalized spacial score (nSPS) is 20.0. The zero-order chi connectivity index (χ0) is 18.4. The van der Waals surface area contributed by atoms with Crippen LogP contribution in [0.15, 0.2) is 35.9 Å². The van der Waals surface area contributed by atoms with E-state index in [0.717, 1.165) is 30.7 Å². The minimum absolute atomic E-state index is 0.00398. The van der Waals surface area contributed by atoms with Crippen molar-refractivity contribution < 1.29 is 14.3 Å². The highest BCUT2D eigenvalue weighted by Crippen LogP contribution is 2.27. The molecule has 5 nitrogen and oxygen atoms in total. The van der Waals surface area contributed by atoms with Crippen molar-refractivity contribution in [3.63, 3.8) is 0 Å². The summed E-state index contributed by atoms with van der Waals surface area (Å²) in [5.74, 6) is 0.510. The molecule has 3 rings (SSSR count). The number of amides is 2. The zero-order valence-corrected chi connectivity index (χ0v) is 15.5. The summed E-state index contributed by atoms with van der Waals surface area (Å²) in [6, 6.07) is 7.46. The average Bonchev–Trinajstić information content (AvgIpc) is 3.05. The Morgan fingerprint density at radius 1 is 1.27 bits per heavy atom. The summed E-state index contributed by atoms with van der Waals surface area (Å²) >= 11 is 0. The molecule has 1 fully saturated rings. The van der Waals surface area contributed by atoms with Gasteiger partial charge >= 0.3 is 0 Å². The van der Waals surface area contributed by atoms with Gasteiger partial charge in [0.1, 0.15) is 5.75 Å². The molecule has 0 spiro atoms. The fraction of sp³-hybridized carbons (Fsp3) is 0.524. The third-order valence-electron chi connectivity index (χ3n) is 5.09. The van der Waals surface area contributed by atoms with E-state index < -0.39 is 0 Å². The van der Waals surface area contributed by atoms with E-state index in [4.69, 9.17) is 4.74 Å². The van der Waals surface area contributed by atoms with Crippen LogP contribution in [0.2, 0.25) is 0 Å². The van der Waals surface area contributed by atoms with E-state index in [9.17, 15) is 9.59 Å². The van der Waals surface area contributed by atoms with E-state index in [0.29, 0.717) is 19.7 Å². The summed E-state index contributed by atoms with van der Waals surface area (Å²) in [5.41, 5.74) is 2.27. The maximum absolute atomic E-state index is 12.4. The highest BCUT2D eigenvalue weighted by atomic mass is 16.5. The van der Waals surface area contributed by atoms with Gasteiger partial charge in [0.2, 0.25) is 11.8 Å². The van der Waals surface area contributed by atoms with Gasteiger partial charge in [-0.1, -0.05) is 11.6 Å². The smallest absolute Gasteiger partial charge is 0.227 e. The molecule has 0 aromatic heterocycles. The Hall–Kier alpha value is -2.30. The van der Waals surface area contributed by atoms with Crippen molar-refractivity contribution in [2.24, 2.45) is 5.92 Å². The Bertz CT molecular complexity index is 666. The SMILES string of the molecule is CCOc1ccc(N2C[C@@H](C(=O)NCCC3=CCCCC3)CC2=O)cc1. The molecule has 26 heavy (non-hydrogen) atoms. The highest BCUT2D eigenvalue weighted by Gasteiger charge is 2.34. The Morgan fingerprint density at radius 2 is 2.08 bits per heavy atom. The molecular formula is C21H28N2O3. The molecule has 0 radical (unpaired) electrons. The lowest BCUT2D eigenvalue weighted by atomic mass is 9.97. The second-order valence-corrected chi connectivity index (χ2v) is 6.98. The number of hydrogen-bond donors (Lipinski definition) is 1. The van der Waals surface area contributed by atoms with E-state index in [2.05, 4.69) is 11.4 Å². The van der Waals surface area contributed by atoms with Crippen LogP contribution in [-0.2, 0) is 9.59 Å². The second-order valence-electron chi connectivity index (χ2n) is 6.98. The average molecular weight is 356 g/mol. The standard InChI is InChI=1S/C21H28N2O3/c1-2-26-19-10-8-18(9-11-19)23-15-17(14-20(23)24)21(25)22-13-12-16-6-4-3-5-7-16/h6,8-11,17H,2-5,7,12-15H2,1H3,(H,22,25)/t17-/m0/s1. The number of ether oxygens (including phenoxy) is 1. The van der Waals surface area contributed by atoms with E-state index in [1.165, 1.54) is 18.4 Å². The summed E-state index contributed by atoms with van der Waals surface area (Å²) in [6.45, 7) is 3.66.